The largest absolute Gasteiger partial charge is 0.479 e. The van der Waals surface area contributed by atoms with Crippen molar-refractivity contribution in [3.05, 3.63) is 11.6 Å². The topological polar surface area (TPSA) is 46.5 Å². The molecule has 0 aliphatic carbocycles. The molecular formula is C8H12O3. The van der Waals surface area contributed by atoms with Gasteiger partial charge < -0.3 is 9.84 Å². The predicted molar refractivity (Wildman–Crippen MR) is 40.3 cm³/mol. The van der Waals surface area contributed by atoms with Crippen molar-refractivity contribution in [1.29, 1.82) is 0 Å². The van der Waals surface area contributed by atoms with Gasteiger partial charge in [-0.05, 0) is 13.8 Å². The molecule has 0 aromatic carbocycles. The van der Waals surface area contributed by atoms with Crippen LogP contribution in [0.5, 0.6) is 0 Å². The molecule has 1 aliphatic rings. The zero-order valence-corrected chi connectivity index (χ0v) is 6.70. The summed E-state index contributed by atoms with van der Waals surface area (Å²) in [6.45, 7) is 3.77. The van der Waals surface area contributed by atoms with E-state index in [2.05, 4.69) is 0 Å². The van der Waals surface area contributed by atoms with Crippen LogP contribution in [0.25, 0.3) is 0 Å². The second kappa shape index (κ2) is 3.05. The Kier molecular flexibility index (Phi) is 2.29. The SMILES string of the molecule is CC1=C[C@@H](C)OC(C(=O)O)C1. The number of aliphatic carboxylic acids is 1. The van der Waals surface area contributed by atoms with Crippen molar-refractivity contribution < 1.29 is 14.6 Å². The van der Waals surface area contributed by atoms with E-state index in [1.54, 1.807) is 0 Å². The molecule has 1 heterocycles. The van der Waals surface area contributed by atoms with Crippen molar-refractivity contribution in [1.82, 2.24) is 0 Å². The summed E-state index contributed by atoms with van der Waals surface area (Å²) in [6.07, 6.45) is 1.75. The highest BCUT2D eigenvalue weighted by atomic mass is 16.5. The van der Waals surface area contributed by atoms with Gasteiger partial charge in [0, 0.05) is 6.42 Å². The van der Waals surface area contributed by atoms with Crippen LogP contribution in [-0.4, -0.2) is 23.3 Å². The molecule has 1 N–H and O–H groups in total. The van der Waals surface area contributed by atoms with Gasteiger partial charge in [-0.15, -0.1) is 0 Å². The van der Waals surface area contributed by atoms with E-state index in [0.29, 0.717) is 6.42 Å². The molecule has 0 amide bonds. The molecule has 2 atom stereocenters. The van der Waals surface area contributed by atoms with Gasteiger partial charge in [-0.3, -0.25) is 0 Å². The highest BCUT2D eigenvalue weighted by Gasteiger charge is 2.24. The lowest BCUT2D eigenvalue weighted by Gasteiger charge is -2.22. The summed E-state index contributed by atoms with van der Waals surface area (Å²) >= 11 is 0. The minimum absolute atomic E-state index is 0.0650. The average Bonchev–Trinajstić information content (AvgIpc) is 1.85. The number of hydrogen-bond donors (Lipinski definition) is 1. The first-order valence-electron chi connectivity index (χ1n) is 3.65. The highest BCUT2D eigenvalue weighted by Crippen LogP contribution is 2.18. The third kappa shape index (κ3) is 2.05. The molecular weight excluding hydrogens is 144 g/mol. The maximum Gasteiger partial charge on any atom is 0.333 e. The van der Waals surface area contributed by atoms with Crippen molar-refractivity contribution in [2.24, 2.45) is 0 Å². The Morgan fingerprint density at radius 3 is 2.91 bits per heavy atom. The lowest BCUT2D eigenvalue weighted by molar-refractivity contribution is -0.152. The van der Waals surface area contributed by atoms with Crippen molar-refractivity contribution in [2.45, 2.75) is 32.5 Å². The quantitative estimate of drug-likeness (QED) is 0.580. The summed E-state index contributed by atoms with van der Waals surface area (Å²) in [5.74, 6) is -0.871. The number of ether oxygens (including phenoxy) is 1. The van der Waals surface area contributed by atoms with Crippen LogP contribution in [-0.2, 0) is 9.53 Å². The Morgan fingerprint density at radius 2 is 2.45 bits per heavy atom. The maximum atomic E-state index is 10.5. The fourth-order valence-corrected chi connectivity index (χ4v) is 1.25. The van der Waals surface area contributed by atoms with Crippen LogP contribution in [0.1, 0.15) is 20.3 Å². The summed E-state index contributed by atoms with van der Waals surface area (Å²) in [5, 5.41) is 8.62. The Labute approximate surface area is 65.7 Å². The molecule has 0 spiro atoms. The number of rotatable bonds is 1. The Balaban J connectivity index is 2.64. The molecule has 62 valence electrons. The maximum absolute atomic E-state index is 10.5. The van der Waals surface area contributed by atoms with E-state index in [-0.39, 0.29) is 6.10 Å². The average molecular weight is 156 g/mol. The molecule has 1 rings (SSSR count). The minimum Gasteiger partial charge on any atom is -0.479 e. The van der Waals surface area contributed by atoms with Crippen LogP contribution in [0.3, 0.4) is 0 Å². The van der Waals surface area contributed by atoms with Crippen molar-refractivity contribution >= 4 is 5.97 Å². The smallest absolute Gasteiger partial charge is 0.333 e. The van der Waals surface area contributed by atoms with E-state index in [1.807, 2.05) is 19.9 Å². The Morgan fingerprint density at radius 1 is 1.82 bits per heavy atom. The number of carboxylic acids is 1. The molecule has 0 saturated heterocycles. The Bertz CT molecular complexity index is 196. The van der Waals surface area contributed by atoms with Crippen LogP contribution >= 0.6 is 0 Å². The van der Waals surface area contributed by atoms with E-state index < -0.39 is 12.1 Å². The van der Waals surface area contributed by atoms with E-state index in [1.165, 1.54) is 0 Å². The summed E-state index contributed by atoms with van der Waals surface area (Å²) in [5.41, 5.74) is 1.09. The summed E-state index contributed by atoms with van der Waals surface area (Å²) < 4.78 is 5.14. The van der Waals surface area contributed by atoms with E-state index in [4.69, 9.17) is 9.84 Å². The van der Waals surface area contributed by atoms with Gasteiger partial charge in [0.1, 0.15) is 0 Å². The van der Waals surface area contributed by atoms with Gasteiger partial charge in [0.05, 0.1) is 6.10 Å². The van der Waals surface area contributed by atoms with Crippen LogP contribution in [0.2, 0.25) is 0 Å². The zero-order chi connectivity index (χ0) is 8.43. The van der Waals surface area contributed by atoms with Gasteiger partial charge in [0.25, 0.3) is 0 Å². The molecule has 0 fully saturated rings. The van der Waals surface area contributed by atoms with Crippen LogP contribution < -0.4 is 0 Å². The monoisotopic (exact) mass is 156 g/mol. The molecule has 0 aromatic heterocycles. The lowest BCUT2D eigenvalue weighted by atomic mass is 10.0. The molecule has 11 heavy (non-hydrogen) atoms. The second-order valence-electron chi connectivity index (χ2n) is 2.89. The third-order valence-corrected chi connectivity index (χ3v) is 1.68. The zero-order valence-electron chi connectivity index (χ0n) is 6.70. The van der Waals surface area contributed by atoms with Gasteiger partial charge in [-0.2, -0.15) is 0 Å². The molecule has 0 aromatic rings. The van der Waals surface area contributed by atoms with Crippen molar-refractivity contribution in [2.75, 3.05) is 0 Å². The summed E-state index contributed by atoms with van der Waals surface area (Å²) in [6, 6.07) is 0. The molecule has 0 saturated carbocycles. The minimum atomic E-state index is -0.871. The highest BCUT2D eigenvalue weighted by molar-refractivity contribution is 5.73. The second-order valence-corrected chi connectivity index (χ2v) is 2.89. The standard InChI is InChI=1S/C8H12O3/c1-5-3-6(2)11-7(4-5)8(9)10/h3,6-7H,4H2,1-2H3,(H,9,10)/t6-,7?/m1/s1. The molecule has 1 unspecified atom stereocenters. The molecule has 0 bridgehead atoms. The van der Waals surface area contributed by atoms with Gasteiger partial charge in [0.15, 0.2) is 6.10 Å². The van der Waals surface area contributed by atoms with Crippen molar-refractivity contribution in [3.63, 3.8) is 0 Å². The summed E-state index contributed by atoms with van der Waals surface area (Å²) in [7, 11) is 0. The van der Waals surface area contributed by atoms with Crippen LogP contribution in [0, 0.1) is 0 Å². The fraction of sp³-hybridized carbons (Fsp3) is 0.625. The predicted octanol–water partition coefficient (Wildman–Crippen LogP) is 1.19. The number of hydrogen-bond acceptors (Lipinski definition) is 2. The molecule has 1 aliphatic heterocycles. The molecule has 3 heteroatoms. The number of carbonyl (C=O) groups is 1. The summed E-state index contributed by atoms with van der Waals surface area (Å²) in [4.78, 5) is 10.5. The van der Waals surface area contributed by atoms with Gasteiger partial charge in [-0.1, -0.05) is 11.6 Å². The molecule has 0 radical (unpaired) electrons. The first-order valence-corrected chi connectivity index (χ1v) is 3.65. The first kappa shape index (κ1) is 8.27. The van der Waals surface area contributed by atoms with Gasteiger partial charge >= 0.3 is 5.97 Å². The lowest BCUT2D eigenvalue weighted by Crippen LogP contribution is -2.30. The van der Waals surface area contributed by atoms with Gasteiger partial charge in [-0.25, -0.2) is 4.79 Å². The van der Waals surface area contributed by atoms with E-state index >= 15 is 0 Å². The fourth-order valence-electron chi connectivity index (χ4n) is 1.25. The molecule has 3 nitrogen and oxygen atoms in total. The van der Waals surface area contributed by atoms with Crippen LogP contribution in [0.15, 0.2) is 11.6 Å². The van der Waals surface area contributed by atoms with E-state index in [9.17, 15) is 4.79 Å². The first-order chi connectivity index (χ1) is 5.09. The normalized spacial score (nSPS) is 31.3. The van der Waals surface area contributed by atoms with Gasteiger partial charge in [0.2, 0.25) is 0 Å². The van der Waals surface area contributed by atoms with E-state index in [0.717, 1.165) is 5.57 Å². The van der Waals surface area contributed by atoms with Crippen LogP contribution in [0.4, 0.5) is 0 Å². The van der Waals surface area contributed by atoms with Crippen molar-refractivity contribution in [3.8, 4) is 0 Å². The number of carboxylic acid groups (broad SMARTS) is 1. The third-order valence-electron chi connectivity index (χ3n) is 1.68. The Hall–Kier alpha value is -0.830.